The highest BCUT2D eigenvalue weighted by molar-refractivity contribution is 6.44. The molecule has 1 heterocycles. The van der Waals surface area contributed by atoms with Crippen molar-refractivity contribution in [2.45, 2.75) is 19.8 Å². The molecule has 0 saturated heterocycles. The fourth-order valence-corrected chi connectivity index (χ4v) is 1.48. The third-order valence-electron chi connectivity index (χ3n) is 2.66. The largest absolute Gasteiger partial charge is 0.304 e. The minimum absolute atomic E-state index is 0.104. The molecule has 1 aliphatic rings. The summed E-state index contributed by atoms with van der Waals surface area (Å²) in [4.78, 5) is 18.1. The molecule has 0 aromatic heterocycles. The van der Waals surface area contributed by atoms with E-state index in [9.17, 15) is 4.79 Å². The molecule has 0 aromatic rings. The van der Waals surface area contributed by atoms with Gasteiger partial charge >= 0.3 is 0 Å². The van der Waals surface area contributed by atoms with Gasteiger partial charge in [0, 0.05) is 19.5 Å². The van der Waals surface area contributed by atoms with Gasteiger partial charge in [-0.1, -0.05) is 25.2 Å². The van der Waals surface area contributed by atoms with Crippen molar-refractivity contribution in [2.24, 2.45) is 4.99 Å². The van der Waals surface area contributed by atoms with Gasteiger partial charge in [-0.05, 0) is 19.5 Å². The average Bonchev–Trinajstić information content (AvgIpc) is 2.29. The third-order valence-corrected chi connectivity index (χ3v) is 2.66. The Morgan fingerprint density at radius 3 is 2.94 bits per heavy atom. The van der Waals surface area contributed by atoms with E-state index in [-0.39, 0.29) is 5.78 Å². The van der Waals surface area contributed by atoms with Crippen LogP contribution in [-0.4, -0.2) is 43.1 Å². The quantitative estimate of drug-likeness (QED) is 0.711. The molecule has 0 fully saturated rings. The number of rotatable bonds is 2. The van der Waals surface area contributed by atoms with Crippen LogP contribution in [0.5, 0.6) is 0 Å². The summed E-state index contributed by atoms with van der Waals surface area (Å²) < 4.78 is 0. The number of aliphatic imine (C=N–C) groups is 1. The molecule has 88 valence electrons. The lowest BCUT2D eigenvalue weighted by Gasteiger charge is -2.16. The minimum atomic E-state index is 0.104. The highest BCUT2D eigenvalue weighted by atomic mass is 16.1. The smallest absolute Gasteiger partial charge is 0.180 e. The van der Waals surface area contributed by atoms with Crippen LogP contribution in [0.3, 0.4) is 0 Å². The molecule has 0 atom stereocenters. The SMILES string of the molecule is C=C1/C=C\C(C(=O)CC)=NCCN(C)CC1. The van der Waals surface area contributed by atoms with Gasteiger partial charge in [-0.15, -0.1) is 0 Å². The van der Waals surface area contributed by atoms with Gasteiger partial charge in [0.15, 0.2) is 5.78 Å². The van der Waals surface area contributed by atoms with Crippen molar-refractivity contribution in [3.05, 3.63) is 24.3 Å². The van der Waals surface area contributed by atoms with E-state index in [2.05, 4.69) is 23.5 Å². The van der Waals surface area contributed by atoms with Gasteiger partial charge in [-0.2, -0.15) is 0 Å². The first-order chi connectivity index (χ1) is 7.63. The van der Waals surface area contributed by atoms with E-state index in [1.54, 1.807) is 6.08 Å². The summed E-state index contributed by atoms with van der Waals surface area (Å²) in [5, 5.41) is 0. The first kappa shape index (κ1) is 12.8. The number of likely N-dealkylation sites (N-methyl/N-ethyl adjacent to an activating group) is 1. The second kappa shape index (κ2) is 6.38. The van der Waals surface area contributed by atoms with Gasteiger partial charge in [-0.25, -0.2) is 0 Å². The Morgan fingerprint density at radius 2 is 2.25 bits per heavy atom. The Hall–Kier alpha value is -1.22. The predicted octanol–water partition coefficient (Wildman–Crippen LogP) is 1.85. The molecule has 1 aliphatic heterocycles. The molecule has 0 aliphatic carbocycles. The first-order valence-corrected chi connectivity index (χ1v) is 5.75. The van der Waals surface area contributed by atoms with Crippen molar-refractivity contribution in [3.8, 4) is 0 Å². The number of ketones is 1. The van der Waals surface area contributed by atoms with Crippen LogP contribution in [0.25, 0.3) is 0 Å². The van der Waals surface area contributed by atoms with Crippen LogP contribution in [0, 0.1) is 0 Å². The Morgan fingerprint density at radius 1 is 1.50 bits per heavy atom. The van der Waals surface area contributed by atoms with Gasteiger partial charge in [-0.3, -0.25) is 9.79 Å². The van der Waals surface area contributed by atoms with Crippen molar-refractivity contribution >= 4 is 11.5 Å². The summed E-state index contributed by atoms with van der Waals surface area (Å²) in [6, 6.07) is 0. The Balaban J connectivity index is 2.80. The van der Waals surface area contributed by atoms with Crippen molar-refractivity contribution < 1.29 is 4.79 Å². The molecular formula is C13H20N2O. The van der Waals surface area contributed by atoms with Crippen LogP contribution in [0.2, 0.25) is 0 Å². The van der Waals surface area contributed by atoms with Gasteiger partial charge in [0.25, 0.3) is 0 Å². The fraction of sp³-hybridized carbons (Fsp3) is 0.538. The van der Waals surface area contributed by atoms with Crippen LogP contribution in [0.1, 0.15) is 19.8 Å². The normalized spacial score (nSPS) is 21.4. The van der Waals surface area contributed by atoms with Crippen LogP contribution < -0.4 is 0 Å². The number of Topliss-reactive ketones (excluding diaryl/α,β-unsaturated/α-hetero) is 1. The summed E-state index contributed by atoms with van der Waals surface area (Å²) in [6.45, 7) is 8.40. The number of hydrogen-bond donors (Lipinski definition) is 0. The Kier molecular flexibility index (Phi) is 5.12. The maximum Gasteiger partial charge on any atom is 0.180 e. The zero-order chi connectivity index (χ0) is 12.0. The first-order valence-electron chi connectivity index (χ1n) is 5.75. The zero-order valence-corrected chi connectivity index (χ0v) is 10.2. The Labute approximate surface area is 97.6 Å². The molecule has 0 saturated carbocycles. The number of nitrogens with zero attached hydrogens (tertiary/aromatic N) is 2. The number of hydrogen-bond acceptors (Lipinski definition) is 3. The fourth-order valence-electron chi connectivity index (χ4n) is 1.48. The topological polar surface area (TPSA) is 32.7 Å². The molecule has 3 heteroatoms. The van der Waals surface area contributed by atoms with Crippen molar-refractivity contribution in [3.63, 3.8) is 0 Å². The maximum atomic E-state index is 11.6. The lowest BCUT2D eigenvalue weighted by Crippen LogP contribution is -2.24. The average molecular weight is 220 g/mol. The van der Waals surface area contributed by atoms with Gasteiger partial charge in [0.05, 0.1) is 6.54 Å². The second-order valence-corrected chi connectivity index (χ2v) is 4.09. The van der Waals surface area contributed by atoms with Gasteiger partial charge in [0.2, 0.25) is 0 Å². The van der Waals surface area contributed by atoms with Gasteiger partial charge < -0.3 is 4.90 Å². The van der Waals surface area contributed by atoms with E-state index in [4.69, 9.17) is 0 Å². The number of allylic oxidation sites excluding steroid dienone is 2. The summed E-state index contributed by atoms with van der Waals surface area (Å²) in [6.07, 6.45) is 5.16. The molecule has 0 aromatic carbocycles. The molecule has 3 nitrogen and oxygen atoms in total. The second-order valence-electron chi connectivity index (χ2n) is 4.09. The number of carbonyl (C=O) groups is 1. The Bertz CT molecular complexity index is 329. The monoisotopic (exact) mass is 220 g/mol. The van der Waals surface area contributed by atoms with Gasteiger partial charge in [0.1, 0.15) is 5.71 Å². The molecule has 0 amide bonds. The molecule has 0 bridgehead atoms. The third kappa shape index (κ3) is 4.11. The number of carbonyl (C=O) groups excluding carboxylic acids is 1. The molecule has 0 radical (unpaired) electrons. The van der Waals surface area contributed by atoms with Crippen LogP contribution >= 0.6 is 0 Å². The lowest BCUT2D eigenvalue weighted by molar-refractivity contribution is -0.112. The van der Waals surface area contributed by atoms with Crippen LogP contribution in [0.15, 0.2) is 29.3 Å². The molecule has 16 heavy (non-hydrogen) atoms. The van der Waals surface area contributed by atoms with E-state index in [0.717, 1.165) is 25.1 Å². The van der Waals surface area contributed by atoms with E-state index in [1.165, 1.54) is 0 Å². The zero-order valence-electron chi connectivity index (χ0n) is 10.2. The highest BCUT2D eigenvalue weighted by Gasteiger charge is 2.07. The van der Waals surface area contributed by atoms with Crippen molar-refractivity contribution in [2.75, 3.05) is 26.7 Å². The van der Waals surface area contributed by atoms with Crippen molar-refractivity contribution in [1.82, 2.24) is 4.90 Å². The summed E-state index contributed by atoms with van der Waals surface area (Å²) >= 11 is 0. The summed E-state index contributed by atoms with van der Waals surface area (Å²) in [5.74, 6) is 0.104. The van der Waals surface area contributed by atoms with E-state index in [1.807, 2.05) is 13.0 Å². The van der Waals surface area contributed by atoms with Crippen LogP contribution in [0.4, 0.5) is 0 Å². The highest BCUT2D eigenvalue weighted by Crippen LogP contribution is 2.04. The van der Waals surface area contributed by atoms with E-state index < -0.39 is 0 Å². The molecular weight excluding hydrogens is 200 g/mol. The standard InChI is InChI=1S/C13H20N2O/c1-4-13(16)12-6-5-11(2)7-9-15(3)10-8-14-12/h5-6H,2,4,7-10H2,1,3H3/b6-5-,14-12?. The molecule has 0 unspecified atom stereocenters. The molecule has 0 N–H and O–H groups in total. The summed E-state index contributed by atoms with van der Waals surface area (Å²) in [7, 11) is 2.06. The van der Waals surface area contributed by atoms with Crippen molar-refractivity contribution in [1.29, 1.82) is 0 Å². The molecule has 1 rings (SSSR count). The van der Waals surface area contributed by atoms with E-state index in [0.29, 0.717) is 18.7 Å². The maximum absolute atomic E-state index is 11.6. The van der Waals surface area contributed by atoms with Crippen LogP contribution in [-0.2, 0) is 4.79 Å². The van der Waals surface area contributed by atoms with E-state index >= 15 is 0 Å². The lowest BCUT2D eigenvalue weighted by atomic mass is 10.1. The predicted molar refractivity (Wildman–Crippen MR) is 68.0 cm³/mol. The minimum Gasteiger partial charge on any atom is -0.304 e. The summed E-state index contributed by atoms with van der Waals surface area (Å²) in [5.41, 5.74) is 1.63. The molecule has 0 spiro atoms.